The molecule has 0 aromatic heterocycles. The molecule has 88 valence electrons. The second-order valence-corrected chi connectivity index (χ2v) is 3.99. The van der Waals surface area contributed by atoms with Crippen molar-refractivity contribution in [3.63, 3.8) is 0 Å². The van der Waals surface area contributed by atoms with Crippen molar-refractivity contribution in [1.82, 2.24) is 10.6 Å². The molecule has 1 heterocycles. The van der Waals surface area contributed by atoms with Crippen LogP contribution in [0.15, 0.2) is 0 Å². The number of amides is 1. The van der Waals surface area contributed by atoms with Crippen LogP contribution in [0.3, 0.4) is 0 Å². The first-order valence-corrected chi connectivity index (χ1v) is 5.84. The highest BCUT2D eigenvalue weighted by atomic mass is 16.5. The minimum Gasteiger partial charge on any atom is -0.385 e. The molecule has 1 rings (SSSR count). The lowest BCUT2D eigenvalue weighted by Crippen LogP contribution is -2.40. The lowest BCUT2D eigenvalue weighted by molar-refractivity contribution is -0.122. The fourth-order valence-corrected chi connectivity index (χ4v) is 1.79. The third-order valence-electron chi connectivity index (χ3n) is 2.70. The summed E-state index contributed by atoms with van der Waals surface area (Å²) in [6, 6.07) is 0.0592. The summed E-state index contributed by atoms with van der Waals surface area (Å²) in [5, 5.41) is 6.14. The Hall–Kier alpha value is -0.610. The summed E-state index contributed by atoms with van der Waals surface area (Å²) < 4.78 is 4.95. The molecule has 4 heteroatoms. The number of methoxy groups -OCH3 is 1. The first-order valence-electron chi connectivity index (χ1n) is 5.84. The lowest BCUT2D eigenvalue weighted by Gasteiger charge is -2.10. The summed E-state index contributed by atoms with van der Waals surface area (Å²) in [5.74, 6) is 0.166. The maximum Gasteiger partial charge on any atom is 0.237 e. The van der Waals surface area contributed by atoms with Gasteiger partial charge in [0, 0.05) is 20.3 Å². The zero-order chi connectivity index (χ0) is 10.9. The molecular formula is C11H22N2O2. The van der Waals surface area contributed by atoms with Crippen LogP contribution in [-0.4, -0.2) is 38.8 Å². The van der Waals surface area contributed by atoms with E-state index in [1.165, 1.54) is 0 Å². The van der Waals surface area contributed by atoms with Crippen LogP contribution in [0.5, 0.6) is 0 Å². The minimum atomic E-state index is 0.0592. The molecule has 1 amide bonds. The Balaban J connectivity index is 1.92. The van der Waals surface area contributed by atoms with Crippen LogP contribution >= 0.6 is 0 Å². The highest BCUT2D eigenvalue weighted by Gasteiger charge is 2.20. The Morgan fingerprint density at radius 2 is 2.33 bits per heavy atom. The van der Waals surface area contributed by atoms with Crippen molar-refractivity contribution in [2.24, 2.45) is 0 Å². The molecule has 1 saturated heterocycles. The fraction of sp³-hybridized carbons (Fsp3) is 0.909. The molecule has 0 spiro atoms. The molecule has 0 aromatic carbocycles. The molecule has 0 aromatic rings. The molecule has 0 unspecified atom stereocenters. The summed E-state index contributed by atoms with van der Waals surface area (Å²) in [6.45, 7) is 2.59. The molecular weight excluding hydrogens is 192 g/mol. The Morgan fingerprint density at radius 3 is 3.00 bits per heavy atom. The molecule has 0 bridgehead atoms. The average Bonchev–Trinajstić information content (AvgIpc) is 2.76. The number of rotatable bonds is 7. The topological polar surface area (TPSA) is 50.4 Å². The average molecular weight is 214 g/mol. The number of carbonyl (C=O) groups excluding carboxylic acids is 1. The maximum atomic E-state index is 11.5. The summed E-state index contributed by atoms with van der Waals surface area (Å²) in [7, 11) is 1.72. The van der Waals surface area contributed by atoms with Gasteiger partial charge in [-0.25, -0.2) is 0 Å². The highest BCUT2D eigenvalue weighted by Crippen LogP contribution is 2.04. The Labute approximate surface area is 91.8 Å². The van der Waals surface area contributed by atoms with Crippen LogP contribution < -0.4 is 10.6 Å². The van der Waals surface area contributed by atoms with Gasteiger partial charge in [0.1, 0.15) is 0 Å². The molecule has 0 aliphatic carbocycles. The Bertz CT molecular complexity index is 179. The van der Waals surface area contributed by atoms with Crippen molar-refractivity contribution in [1.29, 1.82) is 0 Å². The van der Waals surface area contributed by atoms with E-state index in [1.54, 1.807) is 7.11 Å². The molecule has 1 aliphatic rings. The number of unbranched alkanes of at least 4 members (excludes halogenated alkanes) is 2. The predicted octanol–water partition coefficient (Wildman–Crippen LogP) is 0.671. The van der Waals surface area contributed by atoms with Gasteiger partial charge in [-0.2, -0.15) is 0 Å². The number of hydrogen-bond donors (Lipinski definition) is 2. The first-order chi connectivity index (χ1) is 7.34. The zero-order valence-corrected chi connectivity index (χ0v) is 9.55. The van der Waals surface area contributed by atoms with Crippen LogP contribution in [0, 0.1) is 0 Å². The Morgan fingerprint density at radius 1 is 1.47 bits per heavy atom. The van der Waals surface area contributed by atoms with E-state index in [1.807, 2.05) is 0 Å². The summed E-state index contributed by atoms with van der Waals surface area (Å²) in [4.78, 5) is 11.5. The standard InChI is InChI=1S/C11H22N2O2/c1-15-9-4-2-3-7-13-11(14)10-6-5-8-12-10/h10,12H,2-9H2,1H3,(H,13,14)/t10-/m1/s1. The molecule has 1 aliphatic heterocycles. The molecule has 15 heavy (non-hydrogen) atoms. The van der Waals surface area contributed by atoms with E-state index in [-0.39, 0.29) is 11.9 Å². The zero-order valence-electron chi connectivity index (χ0n) is 9.55. The minimum absolute atomic E-state index is 0.0592. The van der Waals surface area contributed by atoms with Gasteiger partial charge in [0.05, 0.1) is 6.04 Å². The number of carbonyl (C=O) groups is 1. The van der Waals surface area contributed by atoms with Crippen LogP contribution in [0.25, 0.3) is 0 Å². The van der Waals surface area contributed by atoms with Gasteiger partial charge in [-0.05, 0) is 38.6 Å². The third kappa shape index (κ3) is 5.14. The van der Waals surface area contributed by atoms with Crippen molar-refractivity contribution in [2.75, 3.05) is 26.8 Å². The number of hydrogen-bond acceptors (Lipinski definition) is 3. The summed E-state index contributed by atoms with van der Waals surface area (Å²) in [5.41, 5.74) is 0. The van der Waals surface area contributed by atoms with Gasteiger partial charge < -0.3 is 15.4 Å². The van der Waals surface area contributed by atoms with Gasteiger partial charge in [-0.15, -0.1) is 0 Å². The lowest BCUT2D eigenvalue weighted by atomic mass is 10.2. The van der Waals surface area contributed by atoms with Gasteiger partial charge in [0.2, 0.25) is 5.91 Å². The van der Waals surface area contributed by atoms with Crippen LogP contribution in [0.4, 0.5) is 0 Å². The van der Waals surface area contributed by atoms with Gasteiger partial charge in [-0.1, -0.05) is 0 Å². The normalized spacial score (nSPS) is 20.5. The molecule has 1 atom stereocenters. The van der Waals surface area contributed by atoms with Crippen molar-refractivity contribution in [3.05, 3.63) is 0 Å². The van der Waals surface area contributed by atoms with Crippen molar-refractivity contribution >= 4 is 5.91 Å². The van der Waals surface area contributed by atoms with Gasteiger partial charge in [-0.3, -0.25) is 4.79 Å². The van der Waals surface area contributed by atoms with Crippen molar-refractivity contribution < 1.29 is 9.53 Å². The first kappa shape index (κ1) is 12.5. The van der Waals surface area contributed by atoms with Crippen LogP contribution in [0.1, 0.15) is 32.1 Å². The van der Waals surface area contributed by atoms with E-state index >= 15 is 0 Å². The number of nitrogens with one attached hydrogen (secondary N) is 2. The maximum absolute atomic E-state index is 11.5. The van der Waals surface area contributed by atoms with E-state index in [9.17, 15) is 4.79 Å². The van der Waals surface area contributed by atoms with Crippen molar-refractivity contribution in [2.45, 2.75) is 38.1 Å². The van der Waals surface area contributed by atoms with Gasteiger partial charge in [0.15, 0.2) is 0 Å². The Kier molecular flexibility index (Phi) is 6.36. The van der Waals surface area contributed by atoms with E-state index in [0.717, 1.165) is 51.8 Å². The van der Waals surface area contributed by atoms with Crippen LogP contribution in [-0.2, 0) is 9.53 Å². The molecule has 0 saturated carbocycles. The molecule has 4 nitrogen and oxygen atoms in total. The van der Waals surface area contributed by atoms with E-state index in [4.69, 9.17) is 4.74 Å². The predicted molar refractivity (Wildman–Crippen MR) is 59.8 cm³/mol. The monoisotopic (exact) mass is 214 g/mol. The van der Waals surface area contributed by atoms with Gasteiger partial charge in [0.25, 0.3) is 0 Å². The summed E-state index contributed by atoms with van der Waals surface area (Å²) in [6.07, 6.45) is 5.34. The molecule has 0 radical (unpaired) electrons. The van der Waals surface area contributed by atoms with E-state index < -0.39 is 0 Å². The SMILES string of the molecule is COCCCCCNC(=O)[C@H]1CCCN1. The highest BCUT2D eigenvalue weighted by molar-refractivity contribution is 5.81. The summed E-state index contributed by atoms with van der Waals surface area (Å²) >= 11 is 0. The fourth-order valence-electron chi connectivity index (χ4n) is 1.79. The molecule has 1 fully saturated rings. The molecule has 2 N–H and O–H groups in total. The van der Waals surface area contributed by atoms with Crippen LogP contribution in [0.2, 0.25) is 0 Å². The largest absolute Gasteiger partial charge is 0.385 e. The quantitative estimate of drug-likeness (QED) is 0.612. The van der Waals surface area contributed by atoms with E-state index in [0.29, 0.717) is 0 Å². The van der Waals surface area contributed by atoms with E-state index in [2.05, 4.69) is 10.6 Å². The second kappa shape index (κ2) is 7.65. The van der Waals surface area contributed by atoms with Crippen molar-refractivity contribution in [3.8, 4) is 0 Å². The smallest absolute Gasteiger partial charge is 0.237 e. The third-order valence-corrected chi connectivity index (χ3v) is 2.70. The second-order valence-electron chi connectivity index (χ2n) is 3.99. The number of ether oxygens (including phenoxy) is 1. The van der Waals surface area contributed by atoms with Gasteiger partial charge >= 0.3 is 0 Å².